The quantitative estimate of drug-likeness (QED) is 0.257. The lowest BCUT2D eigenvalue weighted by Gasteiger charge is -2.13. The number of carbonyl (C=O) groups is 1. The van der Waals surface area contributed by atoms with Gasteiger partial charge in [-0.3, -0.25) is 4.79 Å². The molecule has 0 saturated carbocycles. The van der Waals surface area contributed by atoms with Crippen molar-refractivity contribution in [1.29, 1.82) is 0 Å². The number of nitrogens with one attached hydrogen (secondary N) is 1. The zero-order valence-corrected chi connectivity index (χ0v) is 18.9. The van der Waals surface area contributed by atoms with Crippen LogP contribution in [0.15, 0.2) is 114 Å². The number of carbonyl (C=O) groups excluding carboxylic acids is 1. The first-order valence-electron chi connectivity index (χ1n) is 11.1. The fraction of sp³-hybridized carbons (Fsp3) is 0.103. The number of amides is 1. The van der Waals surface area contributed by atoms with E-state index < -0.39 is 6.10 Å². The van der Waals surface area contributed by atoms with Crippen molar-refractivity contribution < 1.29 is 14.3 Å². The van der Waals surface area contributed by atoms with Crippen LogP contribution in [-0.4, -0.2) is 18.2 Å². The normalized spacial score (nSPS) is 11.7. The minimum atomic E-state index is -0.687. The predicted molar refractivity (Wildman–Crippen MR) is 135 cm³/mol. The molecule has 0 aliphatic carbocycles. The molecule has 0 bridgehead atoms. The van der Waals surface area contributed by atoms with Crippen molar-refractivity contribution in [2.45, 2.75) is 19.6 Å². The summed E-state index contributed by atoms with van der Waals surface area (Å²) in [5.74, 6) is 1.06. The molecule has 0 fully saturated rings. The van der Waals surface area contributed by atoms with Gasteiger partial charge in [-0.05, 0) is 65.6 Å². The standard InChI is InChI=1S/C29H26N2O3/c1-22(34-28-18-14-26(15-19-28)25-10-6-3-7-11-25)29(32)31-30-20-23-12-16-27(17-13-23)33-21-24-8-4-2-5-9-24/h2-20,22H,21H2,1H3,(H,31,32)/b30-20+. The third kappa shape index (κ3) is 6.56. The zero-order chi connectivity index (χ0) is 23.6. The summed E-state index contributed by atoms with van der Waals surface area (Å²) in [6, 6.07) is 35.2. The first-order valence-corrected chi connectivity index (χ1v) is 11.1. The molecule has 1 atom stereocenters. The van der Waals surface area contributed by atoms with Crippen molar-refractivity contribution in [3.63, 3.8) is 0 Å². The molecule has 0 radical (unpaired) electrons. The van der Waals surface area contributed by atoms with Crippen molar-refractivity contribution in [1.82, 2.24) is 5.43 Å². The van der Waals surface area contributed by atoms with E-state index in [0.717, 1.165) is 28.0 Å². The van der Waals surface area contributed by atoms with Gasteiger partial charge in [0.1, 0.15) is 18.1 Å². The Morgan fingerprint density at radius 3 is 2.06 bits per heavy atom. The largest absolute Gasteiger partial charge is 0.489 e. The first-order chi connectivity index (χ1) is 16.7. The summed E-state index contributed by atoms with van der Waals surface area (Å²) in [5.41, 5.74) is 6.70. The second kappa shape index (κ2) is 11.5. The molecule has 0 heterocycles. The molecule has 0 spiro atoms. The van der Waals surface area contributed by atoms with Crippen LogP contribution in [0.4, 0.5) is 0 Å². The number of hydrogen-bond acceptors (Lipinski definition) is 4. The first kappa shape index (κ1) is 22.8. The Bertz CT molecular complexity index is 1210. The van der Waals surface area contributed by atoms with Gasteiger partial charge in [-0.2, -0.15) is 5.10 Å². The van der Waals surface area contributed by atoms with Crippen molar-refractivity contribution >= 4 is 12.1 Å². The zero-order valence-electron chi connectivity index (χ0n) is 18.9. The Hall–Kier alpha value is -4.38. The van der Waals surface area contributed by atoms with E-state index in [1.807, 2.05) is 97.1 Å². The fourth-order valence-corrected chi connectivity index (χ4v) is 3.27. The van der Waals surface area contributed by atoms with Gasteiger partial charge in [-0.1, -0.05) is 72.8 Å². The molecule has 0 aromatic heterocycles. The highest BCUT2D eigenvalue weighted by Gasteiger charge is 2.14. The summed E-state index contributed by atoms with van der Waals surface area (Å²) in [6.45, 7) is 2.20. The van der Waals surface area contributed by atoms with Gasteiger partial charge in [0.15, 0.2) is 6.10 Å². The molecule has 0 saturated heterocycles. The van der Waals surface area contributed by atoms with Crippen molar-refractivity contribution in [3.8, 4) is 22.6 Å². The molecule has 5 nitrogen and oxygen atoms in total. The number of nitrogens with zero attached hydrogens (tertiary/aromatic N) is 1. The molecule has 1 amide bonds. The fourth-order valence-electron chi connectivity index (χ4n) is 3.27. The van der Waals surface area contributed by atoms with Gasteiger partial charge in [-0.25, -0.2) is 5.43 Å². The third-order valence-electron chi connectivity index (χ3n) is 5.16. The summed E-state index contributed by atoms with van der Waals surface area (Å²) in [4.78, 5) is 12.3. The minimum Gasteiger partial charge on any atom is -0.489 e. The Morgan fingerprint density at radius 1 is 0.794 bits per heavy atom. The van der Waals surface area contributed by atoms with E-state index in [9.17, 15) is 4.79 Å². The van der Waals surface area contributed by atoms with Gasteiger partial charge < -0.3 is 9.47 Å². The lowest BCUT2D eigenvalue weighted by molar-refractivity contribution is -0.127. The van der Waals surface area contributed by atoms with Crippen molar-refractivity contribution in [2.24, 2.45) is 5.10 Å². The molecule has 34 heavy (non-hydrogen) atoms. The molecule has 1 unspecified atom stereocenters. The van der Waals surface area contributed by atoms with E-state index in [-0.39, 0.29) is 5.91 Å². The van der Waals surface area contributed by atoms with E-state index >= 15 is 0 Å². The van der Waals surface area contributed by atoms with Crippen LogP contribution >= 0.6 is 0 Å². The summed E-state index contributed by atoms with van der Waals surface area (Å²) >= 11 is 0. The number of hydrazone groups is 1. The SMILES string of the molecule is CC(Oc1ccc(-c2ccccc2)cc1)C(=O)N/N=C/c1ccc(OCc2ccccc2)cc1. The Balaban J connectivity index is 1.23. The molecular weight excluding hydrogens is 424 g/mol. The summed E-state index contributed by atoms with van der Waals surface area (Å²) in [6.07, 6.45) is 0.897. The second-order valence-electron chi connectivity index (χ2n) is 7.73. The summed E-state index contributed by atoms with van der Waals surface area (Å²) in [7, 11) is 0. The molecular formula is C29H26N2O3. The van der Waals surface area contributed by atoms with Crippen molar-refractivity contribution in [3.05, 3.63) is 120 Å². The predicted octanol–water partition coefficient (Wildman–Crippen LogP) is 5.85. The van der Waals surface area contributed by atoms with Crippen molar-refractivity contribution in [2.75, 3.05) is 0 Å². The average molecular weight is 451 g/mol. The van der Waals surface area contributed by atoms with E-state index in [4.69, 9.17) is 9.47 Å². The third-order valence-corrected chi connectivity index (χ3v) is 5.16. The van der Waals surface area contributed by atoms with E-state index in [0.29, 0.717) is 12.4 Å². The van der Waals surface area contributed by atoms with Crippen LogP contribution in [-0.2, 0) is 11.4 Å². The maximum atomic E-state index is 12.3. The maximum absolute atomic E-state index is 12.3. The number of ether oxygens (including phenoxy) is 2. The van der Waals surface area contributed by atoms with Gasteiger partial charge in [-0.15, -0.1) is 0 Å². The molecule has 4 rings (SSSR count). The van der Waals surface area contributed by atoms with E-state index in [2.05, 4.69) is 22.7 Å². The topological polar surface area (TPSA) is 59.9 Å². The van der Waals surface area contributed by atoms with E-state index in [1.54, 1.807) is 13.1 Å². The number of rotatable bonds is 9. The Kier molecular flexibility index (Phi) is 7.70. The highest BCUT2D eigenvalue weighted by Crippen LogP contribution is 2.22. The summed E-state index contributed by atoms with van der Waals surface area (Å²) in [5, 5.41) is 4.04. The number of hydrogen-bond donors (Lipinski definition) is 1. The second-order valence-corrected chi connectivity index (χ2v) is 7.73. The van der Waals surface area contributed by atoms with Crippen LogP contribution in [0, 0.1) is 0 Å². The highest BCUT2D eigenvalue weighted by atomic mass is 16.5. The lowest BCUT2D eigenvalue weighted by Crippen LogP contribution is -2.33. The molecule has 0 aliphatic rings. The summed E-state index contributed by atoms with van der Waals surface area (Å²) < 4.78 is 11.5. The van der Waals surface area contributed by atoms with Gasteiger partial charge in [0.05, 0.1) is 6.21 Å². The van der Waals surface area contributed by atoms with Crippen LogP contribution in [0.3, 0.4) is 0 Å². The van der Waals surface area contributed by atoms with Crippen LogP contribution in [0.5, 0.6) is 11.5 Å². The number of benzene rings is 4. The van der Waals surface area contributed by atoms with Gasteiger partial charge >= 0.3 is 0 Å². The monoisotopic (exact) mass is 450 g/mol. The Morgan fingerprint density at radius 2 is 1.38 bits per heavy atom. The highest BCUT2D eigenvalue weighted by molar-refractivity contribution is 5.84. The van der Waals surface area contributed by atoms with Gasteiger partial charge in [0.25, 0.3) is 5.91 Å². The molecule has 4 aromatic carbocycles. The maximum Gasteiger partial charge on any atom is 0.280 e. The van der Waals surface area contributed by atoms with Gasteiger partial charge in [0.2, 0.25) is 0 Å². The molecule has 170 valence electrons. The van der Waals surface area contributed by atoms with Crippen LogP contribution < -0.4 is 14.9 Å². The Labute approximate surface area is 199 Å². The van der Waals surface area contributed by atoms with Crippen LogP contribution in [0.25, 0.3) is 11.1 Å². The van der Waals surface area contributed by atoms with Gasteiger partial charge in [0, 0.05) is 0 Å². The van der Waals surface area contributed by atoms with Crippen LogP contribution in [0.2, 0.25) is 0 Å². The lowest BCUT2D eigenvalue weighted by atomic mass is 10.1. The minimum absolute atomic E-state index is 0.328. The molecule has 1 N–H and O–H groups in total. The van der Waals surface area contributed by atoms with Crippen LogP contribution in [0.1, 0.15) is 18.1 Å². The average Bonchev–Trinajstić information content (AvgIpc) is 2.89. The molecule has 4 aromatic rings. The smallest absolute Gasteiger partial charge is 0.280 e. The van der Waals surface area contributed by atoms with E-state index in [1.165, 1.54) is 0 Å². The molecule has 0 aliphatic heterocycles. The molecule has 5 heteroatoms.